The van der Waals surface area contributed by atoms with Gasteiger partial charge in [-0.2, -0.15) is 4.98 Å². The number of ether oxygens (including phenoxy) is 1. The molecule has 4 rings (SSSR count). The first-order valence-corrected chi connectivity index (χ1v) is 7.16. The van der Waals surface area contributed by atoms with Crippen molar-refractivity contribution in [2.75, 3.05) is 13.2 Å². The Morgan fingerprint density at radius 3 is 3.05 bits per heavy atom. The Bertz CT molecular complexity index is 805. The van der Waals surface area contributed by atoms with Crippen molar-refractivity contribution in [3.8, 4) is 11.6 Å². The second-order valence-electron chi connectivity index (χ2n) is 5.14. The van der Waals surface area contributed by atoms with Gasteiger partial charge in [0.2, 0.25) is 0 Å². The molecule has 0 aromatic carbocycles. The summed E-state index contributed by atoms with van der Waals surface area (Å²) in [6.07, 6.45) is 2.73. The molecule has 4 heterocycles. The number of rotatable bonds is 2. The molecule has 0 bridgehead atoms. The minimum atomic E-state index is 0.213. The van der Waals surface area contributed by atoms with E-state index in [0.717, 1.165) is 30.1 Å². The average molecular weight is 305 g/mol. The fourth-order valence-corrected chi connectivity index (χ4v) is 2.79. The van der Waals surface area contributed by atoms with E-state index in [4.69, 9.17) is 20.9 Å². The molecule has 108 valence electrons. The van der Waals surface area contributed by atoms with E-state index in [-0.39, 0.29) is 5.92 Å². The predicted octanol–water partition coefficient (Wildman–Crippen LogP) is 2.85. The quantitative estimate of drug-likeness (QED) is 0.728. The average Bonchev–Trinajstić information content (AvgIpc) is 3.15. The number of hydrogen-bond donors (Lipinski definition) is 0. The minimum Gasteiger partial charge on any atom is -0.381 e. The second kappa shape index (κ2) is 4.82. The van der Waals surface area contributed by atoms with E-state index < -0.39 is 0 Å². The summed E-state index contributed by atoms with van der Waals surface area (Å²) in [7, 11) is 0. The number of aryl methyl sites for hydroxylation is 1. The molecule has 0 saturated carbocycles. The zero-order valence-electron chi connectivity index (χ0n) is 11.4. The van der Waals surface area contributed by atoms with Gasteiger partial charge in [0, 0.05) is 18.7 Å². The third-order valence-corrected chi connectivity index (χ3v) is 3.92. The van der Waals surface area contributed by atoms with Crippen molar-refractivity contribution in [2.24, 2.45) is 0 Å². The van der Waals surface area contributed by atoms with Gasteiger partial charge in [0.15, 0.2) is 5.82 Å². The van der Waals surface area contributed by atoms with Crippen LogP contribution in [0, 0.1) is 6.92 Å². The van der Waals surface area contributed by atoms with Gasteiger partial charge in [-0.05, 0) is 25.5 Å². The van der Waals surface area contributed by atoms with Crippen LogP contribution >= 0.6 is 11.6 Å². The highest BCUT2D eigenvalue weighted by Crippen LogP contribution is 2.28. The van der Waals surface area contributed by atoms with Crippen LogP contribution in [0.15, 0.2) is 22.9 Å². The number of aromatic nitrogens is 4. The molecule has 0 aliphatic carbocycles. The number of nitrogens with zero attached hydrogens (tertiary/aromatic N) is 4. The lowest BCUT2D eigenvalue weighted by Gasteiger charge is -1.99. The van der Waals surface area contributed by atoms with Crippen molar-refractivity contribution in [3.63, 3.8) is 0 Å². The third kappa shape index (κ3) is 2.11. The molecule has 21 heavy (non-hydrogen) atoms. The first-order chi connectivity index (χ1) is 10.2. The van der Waals surface area contributed by atoms with Gasteiger partial charge in [0.05, 0.1) is 17.3 Å². The standard InChI is InChI=1S/C14H13ClN4O2/c1-8-12(19-6-10(15)2-3-11(19)16-8)14-17-13(18-21-14)9-4-5-20-7-9/h2-3,6,9H,4-5,7H2,1H3/t9-/m1/s1. The highest BCUT2D eigenvalue weighted by Gasteiger charge is 2.25. The number of pyridine rings is 1. The molecule has 0 N–H and O–H groups in total. The lowest BCUT2D eigenvalue weighted by atomic mass is 10.1. The Balaban J connectivity index is 1.82. The second-order valence-corrected chi connectivity index (χ2v) is 5.58. The SMILES string of the molecule is Cc1nc2ccc(Cl)cn2c1-c1nc([C@@H]2CCOC2)no1. The minimum absolute atomic E-state index is 0.213. The molecule has 1 atom stereocenters. The van der Waals surface area contributed by atoms with Crippen LogP contribution in [0.4, 0.5) is 0 Å². The lowest BCUT2D eigenvalue weighted by molar-refractivity contribution is 0.192. The molecule has 0 unspecified atom stereocenters. The van der Waals surface area contributed by atoms with Gasteiger partial charge in [0.25, 0.3) is 5.89 Å². The maximum atomic E-state index is 6.06. The first kappa shape index (κ1) is 12.8. The summed E-state index contributed by atoms with van der Waals surface area (Å²) in [6.45, 7) is 3.31. The molecule has 0 amide bonds. The smallest absolute Gasteiger partial charge is 0.276 e. The van der Waals surface area contributed by atoms with Gasteiger partial charge in [-0.3, -0.25) is 4.40 Å². The molecule has 3 aromatic rings. The molecule has 7 heteroatoms. The predicted molar refractivity (Wildman–Crippen MR) is 76.4 cm³/mol. The van der Waals surface area contributed by atoms with Crippen molar-refractivity contribution in [1.82, 2.24) is 19.5 Å². The fourth-order valence-electron chi connectivity index (χ4n) is 2.63. The van der Waals surface area contributed by atoms with Crippen molar-refractivity contribution >= 4 is 17.2 Å². The Hall–Kier alpha value is -1.92. The summed E-state index contributed by atoms with van der Waals surface area (Å²) in [5.74, 6) is 1.37. The molecule has 1 aliphatic heterocycles. The molecule has 6 nitrogen and oxygen atoms in total. The van der Waals surface area contributed by atoms with Gasteiger partial charge >= 0.3 is 0 Å². The molecule has 0 radical (unpaired) electrons. The van der Waals surface area contributed by atoms with E-state index in [1.165, 1.54) is 0 Å². The largest absolute Gasteiger partial charge is 0.381 e. The van der Waals surface area contributed by atoms with Gasteiger partial charge in [0.1, 0.15) is 11.3 Å². The van der Waals surface area contributed by atoms with Crippen molar-refractivity contribution < 1.29 is 9.26 Å². The van der Waals surface area contributed by atoms with Gasteiger partial charge < -0.3 is 9.26 Å². The molecule has 3 aromatic heterocycles. The number of imidazole rings is 1. The van der Waals surface area contributed by atoms with Crippen LogP contribution in [-0.2, 0) is 4.74 Å². The molecule has 0 spiro atoms. The molecule has 1 aliphatic rings. The van der Waals surface area contributed by atoms with E-state index >= 15 is 0 Å². The van der Waals surface area contributed by atoms with Crippen LogP contribution in [0.25, 0.3) is 17.2 Å². The topological polar surface area (TPSA) is 65.5 Å². The zero-order valence-corrected chi connectivity index (χ0v) is 12.2. The van der Waals surface area contributed by atoms with Crippen molar-refractivity contribution in [1.29, 1.82) is 0 Å². The summed E-state index contributed by atoms with van der Waals surface area (Å²) in [5, 5.41) is 4.71. The summed E-state index contributed by atoms with van der Waals surface area (Å²) < 4.78 is 12.7. The van der Waals surface area contributed by atoms with Crippen LogP contribution in [0.5, 0.6) is 0 Å². The van der Waals surface area contributed by atoms with Crippen LogP contribution in [0.3, 0.4) is 0 Å². The Kier molecular flexibility index (Phi) is 2.94. The van der Waals surface area contributed by atoms with E-state index in [1.54, 1.807) is 6.20 Å². The molecular formula is C14H13ClN4O2. The van der Waals surface area contributed by atoms with E-state index in [2.05, 4.69) is 15.1 Å². The summed E-state index contributed by atoms with van der Waals surface area (Å²) >= 11 is 6.06. The summed E-state index contributed by atoms with van der Waals surface area (Å²) in [6, 6.07) is 3.67. The van der Waals surface area contributed by atoms with Crippen LogP contribution in [0.1, 0.15) is 23.9 Å². The highest BCUT2D eigenvalue weighted by atomic mass is 35.5. The Morgan fingerprint density at radius 1 is 1.33 bits per heavy atom. The van der Waals surface area contributed by atoms with E-state index in [0.29, 0.717) is 23.3 Å². The Morgan fingerprint density at radius 2 is 2.24 bits per heavy atom. The monoisotopic (exact) mass is 304 g/mol. The Labute approximate surface area is 125 Å². The lowest BCUT2D eigenvalue weighted by Crippen LogP contribution is -1.99. The van der Waals surface area contributed by atoms with E-state index in [9.17, 15) is 0 Å². The van der Waals surface area contributed by atoms with Crippen LogP contribution in [0.2, 0.25) is 5.02 Å². The van der Waals surface area contributed by atoms with Gasteiger partial charge in [-0.25, -0.2) is 4.98 Å². The maximum Gasteiger partial charge on any atom is 0.276 e. The molecule has 1 fully saturated rings. The summed E-state index contributed by atoms with van der Waals surface area (Å²) in [4.78, 5) is 9.00. The van der Waals surface area contributed by atoms with Gasteiger partial charge in [-0.1, -0.05) is 16.8 Å². The van der Waals surface area contributed by atoms with Gasteiger partial charge in [-0.15, -0.1) is 0 Å². The fraction of sp³-hybridized carbons (Fsp3) is 0.357. The number of hydrogen-bond acceptors (Lipinski definition) is 5. The third-order valence-electron chi connectivity index (χ3n) is 3.70. The molecular weight excluding hydrogens is 292 g/mol. The van der Waals surface area contributed by atoms with E-state index in [1.807, 2.05) is 23.5 Å². The van der Waals surface area contributed by atoms with Crippen molar-refractivity contribution in [2.45, 2.75) is 19.3 Å². The normalized spacial score (nSPS) is 18.7. The van der Waals surface area contributed by atoms with Crippen LogP contribution < -0.4 is 0 Å². The first-order valence-electron chi connectivity index (χ1n) is 6.78. The highest BCUT2D eigenvalue weighted by molar-refractivity contribution is 6.30. The summed E-state index contributed by atoms with van der Waals surface area (Å²) in [5.41, 5.74) is 2.41. The number of fused-ring (bicyclic) bond motifs is 1. The van der Waals surface area contributed by atoms with Crippen LogP contribution in [-0.4, -0.2) is 32.7 Å². The van der Waals surface area contributed by atoms with Crippen molar-refractivity contribution in [3.05, 3.63) is 34.9 Å². The zero-order chi connectivity index (χ0) is 14.4. The molecule has 1 saturated heterocycles. The maximum absolute atomic E-state index is 6.06. The number of halogens is 1.